The molecular formula is C24H27NO4. The number of hydrogen-bond donors (Lipinski definition) is 0. The summed E-state index contributed by atoms with van der Waals surface area (Å²) >= 11 is 0. The van der Waals surface area contributed by atoms with Gasteiger partial charge in [-0.1, -0.05) is 12.1 Å². The maximum Gasteiger partial charge on any atom is 0.261 e. The SMILES string of the molecule is O=C(COc1ccc2c(c1)CCC2)N1CCC[C@H]1c1ccc2c(c1)OCCCO2. The summed E-state index contributed by atoms with van der Waals surface area (Å²) in [6.07, 6.45) is 6.33. The van der Waals surface area contributed by atoms with Crippen molar-refractivity contribution in [2.45, 2.75) is 44.6 Å². The second kappa shape index (κ2) is 7.97. The lowest BCUT2D eigenvalue weighted by molar-refractivity contribution is -0.134. The monoisotopic (exact) mass is 393 g/mol. The molecule has 1 fully saturated rings. The van der Waals surface area contributed by atoms with Crippen LogP contribution in [0.25, 0.3) is 0 Å². The van der Waals surface area contributed by atoms with Gasteiger partial charge in [0.25, 0.3) is 5.91 Å². The lowest BCUT2D eigenvalue weighted by atomic mass is 10.0. The summed E-state index contributed by atoms with van der Waals surface area (Å²) in [6.45, 7) is 2.20. The lowest BCUT2D eigenvalue weighted by Crippen LogP contribution is -2.34. The Balaban J connectivity index is 1.26. The first-order valence-electron chi connectivity index (χ1n) is 10.7. The molecule has 2 aliphatic heterocycles. The van der Waals surface area contributed by atoms with E-state index in [2.05, 4.69) is 18.2 Å². The average molecular weight is 393 g/mol. The maximum absolute atomic E-state index is 12.9. The summed E-state index contributed by atoms with van der Waals surface area (Å²) in [5, 5.41) is 0. The Morgan fingerprint density at radius 1 is 0.966 bits per heavy atom. The van der Waals surface area contributed by atoms with E-state index in [1.54, 1.807) is 0 Å². The number of fused-ring (bicyclic) bond motifs is 2. The van der Waals surface area contributed by atoms with Crippen molar-refractivity contribution >= 4 is 5.91 Å². The molecular weight excluding hydrogens is 366 g/mol. The van der Waals surface area contributed by atoms with Crippen LogP contribution < -0.4 is 14.2 Å². The third kappa shape index (κ3) is 3.78. The Hall–Kier alpha value is -2.69. The van der Waals surface area contributed by atoms with Gasteiger partial charge in [-0.05, 0) is 73.1 Å². The van der Waals surface area contributed by atoms with E-state index in [1.807, 2.05) is 23.1 Å². The summed E-state index contributed by atoms with van der Waals surface area (Å²) < 4.78 is 17.4. The first-order chi connectivity index (χ1) is 14.3. The molecule has 2 aromatic carbocycles. The van der Waals surface area contributed by atoms with Crippen molar-refractivity contribution in [3.05, 3.63) is 53.1 Å². The Bertz CT molecular complexity index is 910. The first-order valence-corrected chi connectivity index (χ1v) is 10.7. The topological polar surface area (TPSA) is 48.0 Å². The third-order valence-electron chi connectivity index (χ3n) is 6.16. The number of benzene rings is 2. The van der Waals surface area contributed by atoms with E-state index >= 15 is 0 Å². The van der Waals surface area contributed by atoms with E-state index < -0.39 is 0 Å². The van der Waals surface area contributed by atoms with Crippen molar-refractivity contribution in [1.82, 2.24) is 4.90 Å². The van der Waals surface area contributed by atoms with Crippen molar-refractivity contribution in [3.63, 3.8) is 0 Å². The van der Waals surface area contributed by atoms with E-state index in [9.17, 15) is 4.79 Å². The molecule has 1 atom stereocenters. The smallest absolute Gasteiger partial charge is 0.261 e. The summed E-state index contributed by atoms with van der Waals surface area (Å²) in [6, 6.07) is 12.4. The van der Waals surface area contributed by atoms with Gasteiger partial charge >= 0.3 is 0 Å². The van der Waals surface area contributed by atoms with Crippen LogP contribution in [0.5, 0.6) is 17.2 Å². The normalized spacial score (nSPS) is 20.3. The molecule has 152 valence electrons. The van der Waals surface area contributed by atoms with Gasteiger partial charge in [0.1, 0.15) is 5.75 Å². The van der Waals surface area contributed by atoms with Gasteiger partial charge in [0.2, 0.25) is 0 Å². The number of ether oxygens (including phenoxy) is 3. The van der Waals surface area contributed by atoms with Crippen LogP contribution in [0.3, 0.4) is 0 Å². The molecule has 1 saturated heterocycles. The molecule has 5 heteroatoms. The molecule has 3 aliphatic rings. The van der Waals surface area contributed by atoms with Gasteiger partial charge in [-0.3, -0.25) is 4.79 Å². The van der Waals surface area contributed by atoms with Crippen molar-refractivity contribution in [2.24, 2.45) is 0 Å². The Morgan fingerprint density at radius 3 is 2.76 bits per heavy atom. The Labute approximate surface area is 171 Å². The van der Waals surface area contributed by atoms with Gasteiger partial charge in [-0.25, -0.2) is 0 Å². The highest BCUT2D eigenvalue weighted by Crippen LogP contribution is 2.38. The lowest BCUT2D eigenvalue weighted by Gasteiger charge is -2.25. The van der Waals surface area contributed by atoms with Crippen LogP contribution in [-0.2, 0) is 17.6 Å². The van der Waals surface area contributed by atoms with Crippen LogP contribution in [0.15, 0.2) is 36.4 Å². The van der Waals surface area contributed by atoms with Gasteiger partial charge in [0.15, 0.2) is 18.1 Å². The van der Waals surface area contributed by atoms with E-state index in [1.165, 1.54) is 17.5 Å². The van der Waals surface area contributed by atoms with Gasteiger partial charge < -0.3 is 19.1 Å². The molecule has 0 bridgehead atoms. The van der Waals surface area contributed by atoms with Crippen molar-refractivity contribution in [1.29, 1.82) is 0 Å². The molecule has 2 aromatic rings. The molecule has 0 N–H and O–H groups in total. The van der Waals surface area contributed by atoms with Crippen LogP contribution in [0.2, 0.25) is 0 Å². The minimum atomic E-state index is 0.0418. The van der Waals surface area contributed by atoms with Gasteiger partial charge in [0, 0.05) is 13.0 Å². The fourth-order valence-corrected chi connectivity index (χ4v) is 4.66. The van der Waals surface area contributed by atoms with E-state index in [4.69, 9.17) is 14.2 Å². The molecule has 1 amide bonds. The molecule has 1 aliphatic carbocycles. The van der Waals surface area contributed by atoms with E-state index in [0.29, 0.717) is 13.2 Å². The number of likely N-dealkylation sites (tertiary alicyclic amines) is 1. The standard InChI is InChI=1S/C24H27NO4/c26-24(16-29-20-9-7-17-4-1-5-18(17)14-20)25-11-2-6-21(25)19-8-10-22-23(15-19)28-13-3-12-27-22/h7-10,14-15,21H,1-6,11-13,16H2/t21-/m0/s1. The molecule has 0 unspecified atom stereocenters. The summed E-state index contributed by atoms with van der Waals surface area (Å²) in [7, 11) is 0. The number of carbonyl (C=O) groups is 1. The summed E-state index contributed by atoms with van der Waals surface area (Å²) in [5.74, 6) is 2.42. The minimum Gasteiger partial charge on any atom is -0.490 e. The molecule has 29 heavy (non-hydrogen) atoms. The minimum absolute atomic E-state index is 0.0418. The van der Waals surface area contributed by atoms with Gasteiger partial charge in [-0.2, -0.15) is 0 Å². The van der Waals surface area contributed by atoms with Crippen LogP contribution >= 0.6 is 0 Å². The molecule has 0 aromatic heterocycles. The fourth-order valence-electron chi connectivity index (χ4n) is 4.66. The number of aryl methyl sites for hydroxylation is 2. The molecule has 0 saturated carbocycles. The number of amides is 1. The van der Waals surface area contributed by atoms with E-state index in [-0.39, 0.29) is 18.6 Å². The average Bonchev–Trinajstić information content (AvgIpc) is 3.36. The first kappa shape index (κ1) is 18.3. The number of hydrogen-bond acceptors (Lipinski definition) is 4. The van der Waals surface area contributed by atoms with Crippen LogP contribution in [-0.4, -0.2) is 37.2 Å². The second-order valence-electron chi connectivity index (χ2n) is 8.07. The predicted octanol–water partition coefficient (Wildman–Crippen LogP) is 4.08. The zero-order valence-electron chi connectivity index (χ0n) is 16.7. The zero-order valence-corrected chi connectivity index (χ0v) is 16.7. The highest BCUT2D eigenvalue weighted by Gasteiger charge is 2.31. The Kier molecular flexibility index (Phi) is 5.04. The predicted molar refractivity (Wildman–Crippen MR) is 110 cm³/mol. The third-order valence-corrected chi connectivity index (χ3v) is 6.16. The number of carbonyl (C=O) groups excluding carboxylic acids is 1. The van der Waals surface area contributed by atoms with Crippen LogP contribution in [0.4, 0.5) is 0 Å². The van der Waals surface area contributed by atoms with Gasteiger partial charge in [0.05, 0.1) is 19.3 Å². The largest absolute Gasteiger partial charge is 0.490 e. The molecule has 5 nitrogen and oxygen atoms in total. The second-order valence-corrected chi connectivity index (χ2v) is 8.07. The fraction of sp³-hybridized carbons (Fsp3) is 0.458. The highest BCUT2D eigenvalue weighted by atomic mass is 16.5. The molecule has 0 radical (unpaired) electrons. The molecule has 5 rings (SSSR count). The summed E-state index contributed by atoms with van der Waals surface area (Å²) in [5.41, 5.74) is 3.89. The molecule has 0 spiro atoms. The van der Waals surface area contributed by atoms with Crippen LogP contribution in [0.1, 0.15) is 48.4 Å². The quantitative estimate of drug-likeness (QED) is 0.785. The van der Waals surface area contributed by atoms with Gasteiger partial charge in [-0.15, -0.1) is 0 Å². The summed E-state index contributed by atoms with van der Waals surface area (Å²) in [4.78, 5) is 14.9. The van der Waals surface area contributed by atoms with Crippen LogP contribution in [0, 0.1) is 0 Å². The molecule has 2 heterocycles. The van der Waals surface area contributed by atoms with Crippen molar-refractivity contribution < 1.29 is 19.0 Å². The maximum atomic E-state index is 12.9. The van der Waals surface area contributed by atoms with E-state index in [0.717, 1.165) is 61.5 Å². The van der Waals surface area contributed by atoms with Crippen molar-refractivity contribution in [3.8, 4) is 17.2 Å². The Morgan fingerprint density at radius 2 is 1.83 bits per heavy atom. The zero-order chi connectivity index (χ0) is 19.6. The van der Waals surface area contributed by atoms with Crippen molar-refractivity contribution in [2.75, 3.05) is 26.4 Å². The highest BCUT2D eigenvalue weighted by molar-refractivity contribution is 5.78. The number of rotatable bonds is 4. The number of nitrogens with zero attached hydrogens (tertiary/aromatic N) is 1.